The number of aromatic nitrogens is 1. The molecule has 0 unspecified atom stereocenters. The van der Waals surface area contributed by atoms with Crippen LogP contribution in [0.15, 0.2) is 17.2 Å². The van der Waals surface area contributed by atoms with Gasteiger partial charge in [-0.15, -0.1) is 11.8 Å². The van der Waals surface area contributed by atoms with Crippen LogP contribution in [0.5, 0.6) is 0 Å². The Balaban J connectivity index is 1.79. The quantitative estimate of drug-likeness (QED) is 0.850. The smallest absolute Gasteiger partial charge is 0.244 e. The van der Waals surface area contributed by atoms with Gasteiger partial charge in [0, 0.05) is 37.0 Å². The Morgan fingerprint density at radius 3 is 3.00 bits per heavy atom. The van der Waals surface area contributed by atoms with E-state index in [-0.39, 0.29) is 5.91 Å². The first kappa shape index (κ1) is 14.6. The molecular formula is C14H20N4O2S. The zero-order valence-electron chi connectivity index (χ0n) is 12.0. The van der Waals surface area contributed by atoms with Gasteiger partial charge in [-0.2, -0.15) is 0 Å². The summed E-state index contributed by atoms with van der Waals surface area (Å²) in [7, 11) is 1.75. The van der Waals surface area contributed by atoms with E-state index in [0.29, 0.717) is 11.8 Å². The molecule has 1 atom stereocenters. The molecule has 2 aliphatic heterocycles. The van der Waals surface area contributed by atoms with Crippen molar-refractivity contribution < 1.29 is 9.53 Å². The lowest BCUT2D eigenvalue weighted by atomic mass is 10.1. The number of amides is 1. The van der Waals surface area contributed by atoms with Gasteiger partial charge >= 0.3 is 0 Å². The lowest BCUT2D eigenvalue weighted by Crippen LogP contribution is -2.42. The molecule has 3 heterocycles. The highest BCUT2D eigenvalue weighted by Gasteiger charge is 2.26. The number of pyridine rings is 1. The van der Waals surface area contributed by atoms with E-state index in [1.807, 2.05) is 6.07 Å². The Kier molecular flexibility index (Phi) is 4.32. The monoisotopic (exact) mass is 308 g/mol. The predicted octanol–water partition coefficient (Wildman–Crippen LogP) is 1.07. The normalized spacial score (nSPS) is 23.6. The molecule has 6 nitrogen and oxygen atoms in total. The fourth-order valence-corrected chi connectivity index (χ4v) is 3.58. The van der Waals surface area contributed by atoms with Gasteiger partial charge in [-0.3, -0.25) is 4.79 Å². The van der Waals surface area contributed by atoms with Crippen LogP contribution in [0.25, 0.3) is 0 Å². The molecule has 0 radical (unpaired) electrons. The molecular weight excluding hydrogens is 288 g/mol. The molecule has 7 heteroatoms. The average molecular weight is 308 g/mol. The SMILES string of the molecule is CN1C(=O)[C@@H](N)CSc2cc(NC3CCOCC3)ncc21. The van der Waals surface area contributed by atoms with Crippen molar-refractivity contribution in [3.05, 3.63) is 12.3 Å². The van der Waals surface area contributed by atoms with E-state index in [1.165, 1.54) is 0 Å². The second kappa shape index (κ2) is 6.21. The molecule has 21 heavy (non-hydrogen) atoms. The van der Waals surface area contributed by atoms with Crippen LogP contribution in [-0.4, -0.2) is 49.0 Å². The number of nitrogens with zero attached hydrogens (tertiary/aromatic N) is 2. The highest BCUT2D eigenvalue weighted by molar-refractivity contribution is 7.99. The first-order valence-corrected chi connectivity index (χ1v) is 8.14. The third-order valence-corrected chi connectivity index (χ3v) is 5.01. The minimum absolute atomic E-state index is 0.0619. The fourth-order valence-electron chi connectivity index (χ4n) is 2.55. The largest absolute Gasteiger partial charge is 0.381 e. The zero-order valence-corrected chi connectivity index (χ0v) is 12.9. The Bertz CT molecular complexity index is 534. The lowest BCUT2D eigenvalue weighted by molar-refractivity contribution is -0.119. The summed E-state index contributed by atoms with van der Waals surface area (Å²) in [5.41, 5.74) is 6.70. The molecule has 1 aromatic rings. The van der Waals surface area contributed by atoms with Crippen LogP contribution in [0, 0.1) is 0 Å². The number of thioether (sulfide) groups is 1. The van der Waals surface area contributed by atoms with E-state index in [4.69, 9.17) is 10.5 Å². The molecule has 3 rings (SSSR count). The number of nitrogens with two attached hydrogens (primary N) is 1. The van der Waals surface area contributed by atoms with Gasteiger partial charge in [0.15, 0.2) is 0 Å². The number of carbonyl (C=O) groups excluding carboxylic acids is 1. The molecule has 2 aliphatic rings. The topological polar surface area (TPSA) is 80.5 Å². The molecule has 0 saturated carbocycles. The minimum Gasteiger partial charge on any atom is -0.381 e. The number of fused-ring (bicyclic) bond motifs is 1. The van der Waals surface area contributed by atoms with E-state index in [1.54, 1.807) is 29.9 Å². The number of likely N-dealkylation sites (N-methyl/N-ethyl adjacent to an activating group) is 1. The van der Waals surface area contributed by atoms with Crippen molar-refractivity contribution in [1.82, 2.24) is 4.98 Å². The molecule has 1 fully saturated rings. The van der Waals surface area contributed by atoms with Gasteiger partial charge in [0.25, 0.3) is 0 Å². The number of nitrogens with one attached hydrogen (secondary N) is 1. The number of carbonyl (C=O) groups is 1. The van der Waals surface area contributed by atoms with Gasteiger partial charge in [-0.05, 0) is 18.9 Å². The molecule has 0 aliphatic carbocycles. The second-order valence-electron chi connectivity index (χ2n) is 5.38. The molecule has 1 aromatic heterocycles. The number of hydrogen-bond acceptors (Lipinski definition) is 6. The van der Waals surface area contributed by atoms with Crippen LogP contribution >= 0.6 is 11.8 Å². The molecule has 0 bridgehead atoms. The van der Waals surface area contributed by atoms with Gasteiger partial charge in [0.2, 0.25) is 5.91 Å². The average Bonchev–Trinajstić information content (AvgIpc) is 2.61. The summed E-state index contributed by atoms with van der Waals surface area (Å²) in [4.78, 5) is 19.1. The molecule has 114 valence electrons. The van der Waals surface area contributed by atoms with Gasteiger partial charge in [0.1, 0.15) is 5.82 Å². The summed E-state index contributed by atoms with van der Waals surface area (Å²) in [5, 5.41) is 3.45. The Morgan fingerprint density at radius 1 is 1.48 bits per heavy atom. The van der Waals surface area contributed by atoms with Crippen molar-refractivity contribution in [3.8, 4) is 0 Å². The van der Waals surface area contributed by atoms with Crippen LogP contribution < -0.4 is 16.0 Å². The van der Waals surface area contributed by atoms with Crippen LogP contribution in [-0.2, 0) is 9.53 Å². The van der Waals surface area contributed by atoms with Crippen LogP contribution in [0.4, 0.5) is 11.5 Å². The summed E-state index contributed by atoms with van der Waals surface area (Å²) in [5.74, 6) is 1.38. The van der Waals surface area contributed by atoms with Gasteiger partial charge < -0.3 is 20.7 Å². The number of ether oxygens (including phenoxy) is 1. The summed E-state index contributed by atoms with van der Waals surface area (Å²) in [6.07, 6.45) is 3.74. The number of hydrogen-bond donors (Lipinski definition) is 2. The maximum Gasteiger partial charge on any atom is 0.244 e. The van der Waals surface area contributed by atoms with E-state index in [0.717, 1.165) is 42.5 Å². The van der Waals surface area contributed by atoms with Crippen molar-refractivity contribution in [2.45, 2.75) is 29.8 Å². The van der Waals surface area contributed by atoms with Gasteiger partial charge in [-0.1, -0.05) is 0 Å². The summed E-state index contributed by atoms with van der Waals surface area (Å²) in [6.45, 7) is 1.59. The lowest BCUT2D eigenvalue weighted by Gasteiger charge is -2.24. The number of rotatable bonds is 2. The summed E-state index contributed by atoms with van der Waals surface area (Å²) >= 11 is 1.61. The highest BCUT2D eigenvalue weighted by Crippen LogP contribution is 2.34. The highest BCUT2D eigenvalue weighted by atomic mass is 32.2. The summed E-state index contributed by atoms with van der Waals surface area (Å²) in [6, 6.07) is 1.96. The Labute approximate surface area is 128 Å². The van der Waals surface area contributed by atoms with Gasteiger partial charge in [-0.25, -0.2) is 4.98 Å². The first-order valence-electron chi connectivity index (χ1n) is 7.15. The van der Waals surface area contributed by atoms with E-state index in [2.05, 4.69) is 10.3 Å². The van der Waals surface area contributed by atoms with Crippen molar-refractivity contribution in [1.29, 1.82) is 0 Å². The molecule has 0 spiro atoms. The van der Waals surface area contributed by atoms with Crippen molar-refractivity contribution in [2.75, 3.05) is 36.2 Å². The maximum atomic E-state index is 12.0. The number of anilines is 2. The van der Waals surface area contributed by atoms with Crippen molar-refractivity contribution >= 4 is 29.2 Å². The first-order chi connectivity index (χ1) is 10.1. The zero-order chi connectivity index (χ0) is 14.8. The Morgan fingerprint density at radius 2 is 2.24 bits per heavy atom. The van der Waals surface area contributed by atoms with Crippen LogP contribution in [0.1, 0.15) is 12.8 Å². The van der Waals surface area contributed by atoms with Crippen LogP contribution in [0.3, 0.4) is 0 Å². The second-order valence-corrected chi connectivity index (χ2v) is 6.44. The third kappa shape index (κ3) is 3.14. The molecule has 1 amide bonds. The van der Waals surface area contributed by atoms with Gasteiger partial charge in [0.05, 0.1) is 17.9 Å². The van der Waals surface area contributed by atoms with E-state index < -0.39 is 6.04 Å². The molecule has 1 saturated heterocycles. The van der Waals surface area contributed by atoms with Crippen molar-refractivity contribution in [2.24, 2.45) is 5.73 Å². The standard InChI is InChI=1S/C14H20N4O2S/c1-18-11-7-16-13(17-9-2-4-20-5-3-9)6-12(11)21-8-10(15)14(18)19/h6-7,9-10H,2-5,8,15H2,1H3,(H,16,17)/t10-/m0/s1. The fraction of sp³-hybridized carbons (Fsp3) is 0.571. The van der Waals surface area contributed by atoms with Crippen molar-refractivity contribution in [3.63, 3.8) is 0 Å². The molecule has 0 aromatic carbocycles. The summed E-state index contributed by atoms with van der Waals surface area (Å²) < 4.78 is 5.36. The Hall–Kier alpha value is -1.31. The maximum absolute atomic E-state index is 12.0. The van der Waals surface area contributed by atoms with E-state index in [9.17, 15) is 4.79 Å². The predicted molar refractivity (Wildman–Crippen MR) is 83.8 cm³/mol. The molecule has 3 N–H and O–H groups in total. The minimum atomic E-state index is -0.459. The van der Waals surface area contributed by atoms with E-state index >= 15 is 0 Å². The van der Waals surface area contributed by atoms with Crippen LogP contribution in [0.2, 0.25) is 0 Å². The third-order valence-electron chi connectivity index (χ3n) is 3.85.